The topological polar surface area (TPSA) is 50.2 Å². The number of halogens is 2. The lowest BCUT2D eigenvalue weighted by molar-refractivity contribution is 0.0626. The smallest absolute Gasteiger partial charge is 0.274 e. The summed E-state index contributed by atoms with van der Waals surface area (Å²) in [6.45, 7) is 10.4. The Labute approximate surface area is 166 Å². The monoisotopic (exact) mass is 396 g/mol. The Morgan fingerprint density at radius 1 is 1.31 bits per heavy atom. The highest BCUT2D eigenvalue weighted by molar-refractivity contribution is 6.30. The number of benzene rings is 1. The molecule has 1 unspecified atom stereocenters. The van der Waals surface area contributed by atoms with E-state index in [1.807, 2.05) is 46.8 Å². The second-order valence-corrected chi connectivity index (χ2v) is 7.96. The van der Waals surface area contributed by atoms with Crippen LogP contribution in [0.5, 0.6) is 0 Å². The van der Waals surface area contributed by atoms with Gasteiger partial charge in [-0.25, -0.2) is 0 Å². The van der Waals surface area contributed by atoms with Gasteiger partial charge in [-0.2, -0.15) is 5.10 Å². The zero-order valence-electron chi connectivity index (χ0n) is 15.6. The number of nitrogens with one attached hydrogen (secondary N) is 1. The maximum absolute atomic E-state index is 13.2. The van der Waals surface area contributed by atoms with Gasteiger partial charge in [-0.15, -0.1) is 12.4 Å². The molecule has 1 N–H and O–H groups in total. The van der Waals surface area contributed by atoms with Gasteiger partial charge in [0.15, 0.2) is 5.69 Å². The number of carbonyl (C=O) groups excluding carboxylic acids is 1. The summed E-state index contributed by atoms with van der Waals surface area (Å²) in [7, 11) is 0. The van der Waals surface area contributed by atoms with E-state index >= 15 is 0 Å². The Kier molecular flexibility index (Phi) is 6.37. The van der Waals surface area contributed by atoms with Gasteiger partial charge >= 0.3 is 0 Å². The van der Waals surface area contributed by atoms with E-state index in [-0.39, 0.29) is 29.9 Å². The molecule has 1 aromatic heterocycles. The minimum Gasteiger partial charge on any atom is -0.328 e. The lowest BCUT2D eigenvalue weighted by Crippen LogP contribution is -2.48. The van der Waals surface area contributed by atoms with E-state index in [1.165, 1.54) is 0 Å². The first-order valence-corrected chi connectivity index (χ1v) is 8.99. The normalized spacial score (nSPS) is 17.7. The van der Waals surface area contributed by atoms with Gasteiger partial charge in [-0.1, -0.05) is 23.7 Å². The Hall–Kier alpha value is -1.56. The second-order valence-electron chi connectivity index (χ2n) is 7.53. The molecule has 5 nitrogen and oxygen atoms in total. The molecule has 26 heavy (non-hydrogen) atoms. The summed E-state index contributed by atoms with van der Waals surface area (Å²) in [4.78, 5) is 15.0. The molecule has 0 bridgehead atoms. The number of nitrogens with zero attached hydrogens (tertiary/aromatic N) is 3. The van der Waals surface area contributed by atoms with Crippen LogP contribution in [0.25, 0.3) is 0 Å². The van der Waals surface area contributed by atoms with Crippen LogP contribution in [0.2, 0.25) is 5.02 Å². The molecule has 1 atom stereocenters. The van der Waals surface area contributed by atoms with Crippen molar-refractivity contribution in [3.05, 3.63) is 52.3 Å². The minimum atomic E-state index is -0.154. The van der Waals surface area contributed by atoms with E-state index in [1.54, 1.807) is 0 Å². The molecule has 7 heteroatoms. The minimum absolute atomic E-state index is 0. The van der Waals surface area contributed by atoms with E-state index in [0.717, 1.165) is 17.8 Å². The first kappa shape index (κ1) is 20.7. The van der Waals surface area contributed by atoms with Crippen LogP contribution in [0, 0.1) is 6.92 Å². The fourth-order valence-corrected chi connectivity index (χ4v) is 3.56. The molecular weight excluding hydrogens is 371 g/mol. The van der Waals surface area contributed by atoms with Gasteiger partial charge in [0.25, 0.3) is 5.91 Å². The van der Waals surface area contributed by atoms with Crippen LogP contribution in [0.3, 0.4) is 0 Å². The summed E-state index contributed by atoms with van der Waals surface area (Å²) in [5.74, 6) is -0.0300. The number of piperazine rings is 1. The van der Waals surface area contributed by atoms with Crippen molar-refractivity contribution in [1.82, 2.24) is 20.0 Å². The van der Waals surface area contributed by atoms with E-state index in [0.29, 0.717) is 23.8 Å². The summed E-state index contributed by atoms with van der Waals surface area (Å²) in [5, 5.41) is 8.63. The van der Waals surface area contributed by atoms with Crippen LogP contribution in [-0.4, -0.2) is 40.2 Å². The van der Waals surface area contributed by atoms with Crippen molar-refractivity contribution in [2.75, 3.05) is 19.6 Å². The molecule has 1 aliphatic rings. The molecule has 1 aliphatic heterocycles. The van der Waals surface area contributed by atoms with Crippen molar-refractivity contribution in [3.63, 3.8) is 0 Å². The van der Waals surface area contributed by atoms with Crippen LogP contribution in [0.4, 0.5) is 0 Å². The van der Waals surface area contributed by atoms with Crippen molar-refractivity contribution < 1.29 is 4.79 Å². The van der Waals surface area contributed by atoms with Gasteiger partial charge in [0, 0.05) is 30.4 Å². The summed E-state index contributed by atoms with van der Waals surface area (Å²) >= 11 is 6.14. The molecule has 2 heterocycles. The van der Waals surface area contributed by atoms with Crippen molar-refractivity contribution in [3.8, 4) is 0 Å². The molecule has 3 rings (SSSR count). The van der Waals surface area contributed by atoms with Crippen molar-refractivity contribution >= 4 is 29.9 Å². The van der Waals surface area contributed by atoms with Gasteiger partial charge in [0.05, 0.1) is 11.6 Å². The zero-order valence-corrected chi connectivity index (χ0v) is 17.2. The lowest BCUT2D eigenvalue weighted by Gasteiger charge is -2.36. The number of aromatic nitrogens is 2. The van der Waals surface area contributed by atoms with Crippen LogP contribution in [0.1, 0.15) is 48.6 Å². The Morgan fingerprint density at radius 3 is 2.65 bits per heavy atom. The highest BCUT2D eigenvalue weighted by atomic mass is 35.5. The number of hydrogen-bond donors (Lipinski definition) is 1. The van der Waals surface area contributed by atoms with Gasteiger partial charge in [-0.3, -0.25) is 9.48 Å². The van der Waals surface area contributed by atoms with Crippen LogP contribution in [-0.2, 0) is 5.54 Å². The number of rotatable bonds is 2. The molecule has 1 saturated heterocycles. The lowest BCUT2D eigenvalue weighted by atomic mass is 10.0. The van der Waals surface area contributed by atoms with E-state index < -0.39 is 0 Å². The fourth-order valence-electron chi connectivity index (χ4n) is 3.36. The third-order valence-corrected chi connectivity index (χ3v) is 4.71. The molecular formula is C19H26Cl2N4O. The molecule has 0 saturated carbocycles. The zero-order chi connectivity index (χ0) is 18.2. The summed E-state index contributed by atoms with van der Waals surface area (Å²) < 4.78 is 1.91. The maximum Gasteiger partial charge on any atom is 0.274 e. The molecule has 142 valence electrons. The number of carbonyl (C=O) groups is 1. The summed E-state index contributed by atoms with van der Waals surface area (Å²) in [6.07, 6.45) is 0. The third kappa shape index (κ3) is 4.22. The van der Waals surface area contributed by atoms with Crippen LogP contribution < -0.4 is 5.32 Å². The number of amides is 1. The van der Waals surface area contributed by atoms with Gasteiger partial charge in [0.2, 0.25) is 0 Å². The van der Waals surface area contributed by atoms with E-state index in [2.05, 4.69) is 31.2 Å². The average Bonchev–Trinajstić information content (AvgIpc) is 2.96. The Bertz CT molecular complexity index is 782. The molecule has 0 radical (unpaired) electrons. The Balaban J connectivity index is 0.00000243. The SMILES string of the molecule is Cc1cc(C(=O)N2CCNCC2c2cccc(Cl)c2)nn1C(C)(C)C.Cl. The van der Waals surface area contributed by atoms with Crippen LogP contribution in [0.15, 0.2) is 30.3 Å². The first-order chi connectivity index (χ1) is 11.8. The second kappa shape index (κ2) is 7.99. The third-order valence-electron chi connectivity index (χ3n) is 4.48. The van der Waals surface area contributed by atoms with Gasteiger partial charge in [0.1, 0.15) is 0 Å². The van der Waals surface area contributed by atoms with Crippen molar-refractivity contribution in [1.29, 1.82) is 0 Å². The van der Waals surface area contributed by atoms with E-state index in [9.17, 15) is 4.79 Å². The highest BCUT2D eigenvalue weighted by Crippen LogP contribution is 2.27. The van der Waals surface area contributed by atoms with Crippen molar-refractivity contribution in [2.45, 2.75) is 39.3 Å². The Morgan fingerprint density at radius 2 is 2.04 bits per heavy atom. The van der Waals surface area contributed by atoms with Gasteiger partial charge in [-0.05, 0) is 51.5 Å². The average molecular weight is 397 g/mol. The quantitative estimate of drug-likeness (QED) is 0.839. The summed E-state index contributed by atoms with van der Waals surface area (Å²) in [6, 6.07) is 9.56. The van der Waals surface area contributed by atoms with Gasteiger partial charge < -0.3 is 10.2 Å². The van der Waals surface area contributed by atoms with E-state index in [4.69, 9.17) is 11.6 Å². The van der Waals surface area contributed by atoms with Crippen molar-refractivity contribution in [2.24, 2.45) is 0 Å². The molecule has 1 amide bonds. The highest BCUT2D eigenvalue weighted by Gasteiger charge is 2.31. The first-order valence-electron chi connectivity index (χ1n) is 8.61. The number of aryl methyl sites for hydroxylation is 1. The number of hydrogen-bond acceptors (Lipinski definition) is 3. The molecule has 1 fully saturated rings. The fraction of sp³-hybridized carbons (Fsp3) is 0.474. The predicted molar refractivity (Wildman–Crippen MR) is 107 cm³/mol. The largest absolute Gasteiger partial charge is 0.328 e. The van der Waals surface area contributed by atoms with Crippen LogP contribution >= 0.6 is 24.0 Å². The maximum atomic E-state index is 13.2. The standard InChI is InChI=1S/C19H25ClN4O.ClH/c1-13-10-16(22-24(13)19(2,3)4)18(25)23-9-8-21-12-17(23)14-6-5-7-15(20)11-14;/h5-7,10-11,17,21H,8-9,12H2,1-4H3;1H. The summed E-state index contributed by atoms with van der Waals surface area (Å²) in [5.41, 5.74) is 2.38. The molecule has 0 spiro atoms. The predicted octanol–water partition coefficient (Wildman–Crippen LogP) is 3.81. The molecule has 1 aromatic carbocycles. The molecule has 0 aliphatic carbocycles. The molecule has 2 aromatic rings.